The smallest absolute Gasteiger partial charge is 0.330 e. The van der Waals surface area contributed by atoms with Crippen molar-refractivity contribution in [2.75, 3.05) is 23.7 Å². The molecular formula is C26H27N5O5. The molecule has 0 radical (unpaired) electrons. The van der Waals surface area contributed by atoms with Crippen LogP contribution < -0.4 is 21.9 Å². The van der Waals surface area contributed by atoms with E-state index in [-0.39, 0.29) is 55.8 Å². The van der Waals surface area contributed by atoms with Crippen LogP contribution in [0.15, 0.2) is 58.1 Å². The van der Waals surface area contributed by atoms with E-state index in [0.29, 0.717) is 11.1 Å². The van der Waals surface area contributed by atoms with Crippen molar-refractivity contribution in [3.8, 4) is 0 Å². The summed E-state index contributed by atoms with van der Waals surface area (Å²) in [5.74, 6) is -1.29. The van der Waals surface area contributed by atoms with Crippen LogP contribution in [0.25, 0.3) is 0 Å². The van der Waals surface area contributed by atoms with Gasteiger partial charge in [0.15, 0.2) is 5.69 Å². The molecule has 2 heterocycles. The Kier molecular flexibility index (Phi) is 6.86. The molecular weight excluding hydrogens is 462 g/mol. The average molecular weight is 490 g/mol. The lowest BCUT2D eigenvalue weighted by molar-refractivity contribution is -0.118. The van der Waals surface area contributed by atoms with Crippen molar-refractivity contribution in [1.82, 2.24) is 14.5 Å². The molecule has 10 heteroatoms. The van der Waals surface area contributed by atoms with Crippen LogP contribution >= 0.6 is 0 Å². The number of carbonyl (C=O) groups excluding carboxylic acids is 3. The van der Waals surface area contributed by atoms with Crippen LogP contribution in [0, 0.1) is 6.92 Å². The zero-order chi connectivity index (χ0) is 26.0. The normalized spacial score (nSPS) is 12.7. The number of rotatable bonds is 8. The number of fused-ring (bicyclic) bond motifs is 1. The Labute approximate surface area is 207 Å². The minimum absolute atomic E-state index is 0.0308. The molecule has 0 bridgehead atoms. The van der Waals surface area contributed by atoms with E-state index >= 15 is 0 Å². The number of imide groups is 1. The van der Waals surface area contributed by atoms with Gasteiger partial charge in [0, 0.05) is 19.5 Å². The maximum Gasteiger partial charge on any atom is 0.330 e. The molecule has 4 rings (SSSR count). The van der Waals surface area contributed by atoms with Crippen molar-refractivity contribution in [1.29, 1.82) is 0 Å². The first-order valence-electron chi connectivity index (χ1n) is 11.7. The number of amides is 3. The SMILES string of the molecule is CCN(C(=O)CCCN1C(=O)c2ccc(C)cc2C1=O)c1c(N)n(Cc2ccccc2)c(=O)[nH]c1=O. The van der Waals surface area contributed by atoms with Gasteiger partial charge in [0.1, 0.15) is 5.82 Å². The van der Waals surface area contributed by atoms with E-state index in [1.54, 1.807) is 25.1 Å². The number of aryl methyl sites for hydroxylation is 1. The molecule has 0 unspecified atom stereocenters. The van der Waals surface area contributed by atoms with Crippen LogP contribution in [0.2, 0.25) is 0 Å². The second kappa shape index (κ2) is 10.0. The van der Waals surface area contributed by atoms with E-state index in [2.05, 4.69) is 4.98 Å². The molecule has 1 aliphatic rings. The van der Waals surface area contributed by atoms with Crippen molar-refractivity contribution < 1.29 is 14.4 Å². The third kappa shape index (κ3) is 4.57. The number of aromatic amines is 1. The number of hydrogen-bond acceptors (Lipinski definition) is 6. The van der Waals surface area contributed by atoms with E-state index in [1.807, 2.05) is 37.3 Å². The first kappa shape index (κ1) is 24.6. The maximum absolute atomic E-state index is 13.1. The lowest BCUT2D eigenvalue weighted by atomic mass is 10.1. The summed E-state index contributed by atoms with van der Waals surface area (Å²) >= 11 is 0. The highest BCUT2D eigenvalue weighted by Crippen LogP contribution is 2.25. The Hall–Kier alpha value is -4.47. The predicted octanol–water partition coefficient (Wildman–Crippen LogP) is 1.90. The van der Waals surface area contributed by atoms with E-state index in [4.69, 9.17) is 5.73 Å². The summed E-state index contributed by atoms with van der Waals surface area (Å²) in [5.41, 5.74) is 7.09. The number of nitrogens with two attached hydrogens (primary N) is 1. The Balaban J connectivity index is 1.50. The Morgan fingerprint density at radius 3 is 2.39 bits per heavy atom. The van der Waals surface area contributed by atoms with Gasteiger partial charge in [0.2, 0.25) is 5.91 Å². The molecule has 0 fully saturated rings. The second-order valence-corrected chi connectivity index (χ2v) is 8.62. The largest absolute Gasteiger partial charge is 0.383 e. The minimum Gasteiger partial charge on any atom is -0.383 e. The van der Waals surface area contributed by atoms with Crippen molar-refractivity contribution in [3.05, 3.63) is 91.6 Å². The molecule has 0 saturated carbocycles. The van der Waals surface area contributed by atoms with Crippen molar-refractivity contribution in [2.45, 2.75) is 33.2 Å². The molecule has 3 amide bonds. The number of anilines is 2. The van der Waals surface area contributed by atoms with Crippen molar-refractivity contribution >= 4 is 29.2 Å². The topological polar surface area (TPSA) is 139 Å². The second-order valence-electron chi connectivity index (χ2n) is 8.62. The standard InChI is InChI=1S/C26H27N5O5/c1-3-29(21-22(27)31(26(36)28-23(21)33)15-17-8-5-4-6-9-17)20(32)10-7-13-30-24(34)18-12-11-16(2)14-19(18)25(30)35/h4-6,8-9,11-12,14H,3,7,10,13,15,27H2,1-2H3,(H,28,33,36). The Morgan fingerprint density at radius 1 is 1.00 bits per heavy atom. The highest BCUT2D eigenvalue weighted by atomic mass is 16.2. The third-order valence-electron chi connectivity index (χ3n) is 6.18. The Morgan fingerprint density at radius 2 is 1.69 bits per heavy atom. The highest BCUT2D eigenvalue weighted by molar-refractivity contribution is 6.21. The summed E-state index contributed by atoms with van der Waals surface area (Å²) in [6, 6.07) is 14.2. The molecule has 1 aliphatic heterocycles. The van der Waals surface area contributed by atoms with E-state index in [0.717, 1.165) is 16.0 Å². The van der Waals surface area contributed by atoms with Gasteiger partial charge in [-0.3, -0.25) is 33.6 Å². The number of benzene rings is 2. The van der Waals surface area contributed by atoms with Gasteiger partial charge in [-0.05, 0) is 38.0 Å². The van der Waals surface area contributed by atoms with Gasteiger partial charge in [0.05, 0.1) is 17.7 Å². The molecule has 10 nitrogen and oxygen atoms in total. The number of carbonyl (C=O) groups is 3. The first-order chi connectivity index (χ1) is 17.2. The zero-order valence-corrected chi connectivity index (χ0v) is 20.1. The quantitative estimate of drug-likeness (QED) is 0.464. The summed E-state index contributed by atoms with van der Waals surface area (Å²) in [4.78, 5) is 68.1. The monoisotopic (exact) mass is 489 g/mol. The number of H-pyrrole nitrogens is 1. The number of nitrogen functional groups attached to an aromatic ring is 1. The van der Waals surface area contributed by atoms with Crippen molar-refractivity contribution in [3.63, 3.8) is 0 Å². The van der Waals surface area contributed by atoms with Crippen LogP contribution in [0.3, 0.4) is 0 Å². The van der Waals surface area contributed by atoms with Crippen LogP contribution in [0.1, 0.15) is 51.6 Å². The summed E-state index contributed by atoms with van der Waals surface area (Å²) in [7, 11) is 0. The van der Waals surface area contributed by atoms with Gasteiger partial charge in [-0.25, -0.2) is 4.79 Å². The molecule has 1 aromatic heterocycles. The summed E-state index contributed by atoms with van der Waals surface area (Å²) in [6.45, 7) is 3.86. The van der Waals surface area contributed by atoms with Gasteiger partial charge in [-0.2, -0.15) is 0 Å². The fourth-order valence-corrected chi connectivity index (χ4v) is 4.35. The molecule has 3 N–H and O–H groups in total. The van der Waals surface area contributed by atoms with Gasteiger partial charge >= 0.3 is 5.69 Å². The summed E-state index contributed by atoms with van der Waals surface area (Å²) in [5, 5.41) is 0. The molecule has 0 saturated heterocycles. The molecule has 186 valence electrons. The van der Waals surface area contributed by atoms with E-state index in [1.165, 1.54) is 9.47 Å². The molecule has 0 atom stereocenters. The van der Waals surface area contributed by atoms with Gasteiger partial charge in [-0.15, -0.1) is 0 Å². The maximum atomic E-state index is 13.1. The fourth-order valence-electron chi connectivity index (χ4n) is 4.35. The predicted molar refractivity (Wildman–Crippen MR) is 135 cm³/mol. The summed E-state index contributed by atoms with van der Waals surface area (Å²) < 4.78 is 1.21. The molecule has 2 aromatic carbocycles. The Bertz CT molecular complexity index is 1460. The lowest BCUT2D eigenvalue weighted by Crippen LogP contribution is -2.41. The number of nitrogens with one attached hydrogen (secondary N) is 1. The van der Waals surface area contributed by atoms with Crippen LogP contribution in [0.4, 0.5) is 11.5 Å². The first-order valence-corrected chi connectivity index (χ1v) is 11.7. The average Bonchev–Trinajstić information content (AvgIpc) is 3.08. The van der Waals surface area contributed by atoms with Gasteiger partial charge < -0.3 is 10.6 Å². The zero-order valence-electron chi connectivity index (χ0n) is 20.1. The highest BCUT2D eigenvalue weighted by Gasteiger charge is 2.35. The molecule has 36 heavy (non-hydrogen) atoms. The third-order valence-corrected chi connectivity index (χ3v) is 6.18. The van der Waals surface area contributed by atoms with Crippen molar-refractivity contribution in [2.24, 2.45) is 0 Å². The van der Waals surface area contributed by atoms with Gasteiger partial charge in [0.25, 0.3) is 17.4 Å². The number of aromatic nitrogens is 2. The summed E-state index contributed by atoms with van der Waals surface area (Å²) in [6.07, 6.45) is 0.179. The van der Waals surface area contributed by atoms with Crippen LogP contribution in [0.5, 0.6) is 0 Å². The van der Waals surface area contributed by atoms with E-state index in [9.17, 15) is 24.0 Å². The van der Waals surface area contributed by atoms with Crippen LogP contribution in [-0.4, -0.2) is 45.3 Å². The lowest BCUT2D eigenvalue weighted by Gasteiger charge is -2.23. The van der Waals surface area contributed by atoms with E-state index < -0.39 is 17.2 Å². The molecule has 3 aromatic rings. The number of hydrogen-bond donors (Lipinski definition) is 2. The van der Waals surface area contributed by atoms with Gasteiger partial charge in [-0.1, -0.05) is 42.0 Å². The fraction of sp³-hybridized carbons (Fsp3) is 0.269. The molecule has 0 aliphatic carbocycles. The minimum atomic E-state index is -0.757. The van der Waals surface area contributed by atoms with Crippen LogP contribution in [-0.2, 0) is 11.3 Å². The number of nitrogens with zero attached hydrogens (tertiary/aromatic N) is 3. The molecule has 0 spiro atoms.